The molecule has 4 aromatic rings. The maximum Gasteiger partial charge on any atom is 0.258 e. The van der Waals surface area contributed by atoms with Gasteiger partial charge in [-0.05, 0) is 55.9 Å². The third-order valence-electron chi connectivity index (χ3n) is 5.91. The van der Waals surface area contributed by atoms with Crippen molar-refractivity contribution in [3.63, 3.8) is 0 Å². The SMILES string of the molecule is COc1ccc(N2C(=S)NC(c3ccccc3)C(c3nc(-c4ccc(C)cc4)no3)=C2C)cc1. The number of thiocarbonyl (C=S) groups is 1. The van der Waals surface area contributed by atoms with Gasteiger partial charge >= 0.3 is 0 Å². The largest absolute Gasteiger partial charge is 0.497 e. The fourth-order valence-corrected chi connectivity index (χ4v) is 4.47. The molecule has 0 spiro atoms. The highest BCUT2D eigenvalue weighted by molar-refractivity contribution is 7.80. The van der Waals surface area contributed by atoms with Crippen LogP contribution in [0.1, 0.15) is 30.0 Å². The first kappa shape index (κ1) is 21.9. The zero-order valence-electron chi connectivity index (χ0n) is 19.1. The van der Waals surface area contributed by atoms with Crippen LogP contribution in [0.4, 0.5) is 5.69 Å². The Morgan fingerprint density at radius 3 is 2.32 bits per heavy atom. The number of ether oxygens (including phenoxy) is 1. The van der Waals surface area contributed by atoms with Crippen molar-refractivity contribution in [2.24, 2.45) is 0 Å². The zero-order chi connectivity index (χ0) is 23.7. The third kappa shape index (κ3) is 4.06. The molecule has 5 rings (SSSR count). The Kier molecular flexibility index (Phi) is 5.86. The number of aryl methyl sites for hydroxylation is 1. The van der Waals surface area contributed by atoms with Crippen molar-refractivity contribution in [3.05, 3.63) is 102 Å². The molecule has 170 valence electrons. The van der Waals surface area contributed by atoms with E-state index in [4.69, 9.17) is 26.5 Å². The molecular formula is C27H24N4O2S. The van der Waals surface area contributed by atoms with Crippen molar-refractivity contribution < 1.29 is 9.26 Å². The van der Waals surface area contributed by atoms with Crippen molar-refractivity contribution in [2.45, 2.75) is 19.9 Å². The highest BCUT2D eigenvalue weighted by Crippen LogP contribution is 2.39. The quantitative estimate of drug-likeness (QED) is 0.365. The molecule has 0 radical (unpaired) electrons. The second-order valence-electron chi connectivity index (χ2n) is 8.11. The van der Waals surface area contributed by atoms with Gasteiger partial charge in [0.25, 0.3) is 5.89 Å². The summed E-state index contributed by atoms with van der Waals surface area (Å²) in [4.78, 5) is 6.76. The summed E-state index contributed by atoms with van der Waals surface area (Å²) in [7, 11) is 1.65. The lowest BCUT2D eigenvalue weighted by atomic mass is 9.94. The summed E-state index contributed by atoms with van der Waals surface area (Å²) < 4.78 is 11.1. The van der Waals surface area contributed by atoms with Gasteiger partial charge in [0.1, 0.15) is 5.75 Å². The van der Waals surface area contributed by atoms with Gasteiger partial charge in [-0.15, -0.1) is 0 Å². The van der Waals surface area contributed by atoms with Crippen LogP contribution in [0, 0.1) is 6.92 Å². The van der Waals surface area contributed by atoms with Crippen molar-refractivity contribution in [1.29, 1.82) is 0 Å². The molecule has 7 heteroatoms. The lowest BCUT2D eigenvalue weighted by Gasteiger charge is -2.37. The van der Waals surface area contributed by atoms with E-state index in [2.05, 4.69) is 29.5 Å². The van der Waals surface area contributed by atoms with E-state index < -0.39 is 0 Å². The number of allylic oxidation sites excluding steroid dienone is 1. The second-order valence-corrected chi connectivity index (χ2v) is 8.50. The van der Waals surface area contributed by atoms with Crippen molar-refractivity contribution in [1.82, 2.24) is 15.5 Å². The molecule has 2 heterocycles. The minimum atomic E-state index is -0.227. The summed E-state index contributed by atoms with van der Waals surface area (Å²) in [5.41, 5.74) is 5.85. The summed E-state index contributed by atoms with van der Waals surface area (Å²) in [6, 6.07) is 25.8. The van der Waals surface area contributed by atoms with E-state index in [1.54, 1.807) is 7.11 Å². The predicted molar refractivity (Wildman–Crippen MR) is 137 cm³/mol. The van der Waals surface area contributed by atoms with Crippen LogP contribution in [0.2, 0.25) is 0 Å². The molecule has 3 aromatic carbocycles. The first-order valence-electron chi connectivity index (χ1n) is 11.0. The monoisotopic (exact) mass is 468 g/mol. The Balaban J connectivity index is 1.63. The fourth-order valence-electron chi connectivity index (χ4n) is 4.11. The number of hydrogen-bond acceptors (Lipinski definition) is 5. The molecule has 1 aliphatic rings. The van der Waals surface area contributed by atoms with Gasteiger partial charge in [-0.1, -0.05) is 65.3 Å². The van der Waals surface area contributed by atoms with Crippen LogP contribution >= 0.6 is 12.2 Å². The van der Waals surface area contributed by atoms with Gasteiger partial charge in [0.2, 0.25) is 5.82 Å². The Bertz CT molecular complexity index is 1350. The summed E-state index contributed by atoms with van der Waals surface area (Å²) in [5, 5.41) is 8.36. The van der Waals surface area contributed by atoms with Crippen molar-refractivity contribution in [2.75, 3.05) is 12.0 Å². The topological polar surface area (TPSA) is 63.4 Å². The molecule has 1 unspecified atom stereocenters. The molecule has 0 aliphatic carbocycles. The number of anilines is 1. The number of aromatic nitrogens is 2. The molecule has 0 bridgehead atoms. The first-order valence-corrected chi connectivity index (χ1v) is 11.4. The maximum atomic E-state index is 5.82. The van der Waals surface area contributed by atoms with Gasteiger partial charge in [-0.2, -0.15) is 4.98 Å². The number of nitrogens with zero attached hydrogens (tertiary/aromatic N) is 3. The molecule has 1 N–H and O–H groups in total. The minimum absolute atomic E-state index is 0.227. The van der Waals surface area contributed by atoms with Gasteiger partial charge in [-0.3, -0.25) is 4.90 Å². The van der Waals surface area contributed by atoms with E-state index in [0.29, 0.717) is 16.8 Å². The van der Waals surface area contributed by atoms with Gasteiger partial charge in [0, 0.05) is 16.9 Å². The number of hydrogen-bond donors (Lipinski definition) is 1. The highest BCUT2D eigenvalue weighted by atomic mass is 32.1. The van der Waals surface area contributed by atoms with Gasteiger partial charge < -0.3 is 14.6 Å². The second kappa shape index (κ2) is 9.11. The average Bonchev–Trinajstić information content (AvgIpc) is 3.35. The predicted octanol–water partition coefficient (Wildman–Crippen LogP) is 5.92. The molecule has 0 saturated carbocycles. The molecule has 1 atom stereocenters. The molecule has 1 aliphatic heterocycles. The summed E-state index contributed by atoms with van der Waals surface area (Å²) in [6.07, 6.45) is 0. The van der Waals surface area contributed by atoms with Crippen molar-refractivity contribution >= 4 is 28.6 Å². The number of benzene rings is 3. The maximum absolute atomic E-state index is 5.82. The minimum Gasteiger partial charge on any atom is -0.497 e. The van der Waals surface area contributed by atoms with Gasteiger partial charge in [0.05, 0.1) is 18.7 Å². The Hall–Kier alpha value is -3.97. The number of rotatable bonds is 5. The van der Waals surface area contributed by atoms with E-state index in [1.165, 1.54) is 5.56 Å². The summed E-state index contributed by atoms with van der Waals surface area (Å²) in [5.74, 6) is 1.78. The van der Waals surface area contributed by atoms with Gasteiger partial charge in [-0.25, -0.2) is 0 Å². The molecule has 34 heavy (non-hydrogen) atoms. The fraction of sp³-hybridized carbons (Fsp3) is 0.148. The van der Waals surface area contributed by atoms with E-state index in [0.717, 1.165) is 33.8 Å². The lowest BCUT2D eigenvalue weighted by Crippen LogP contribution is -2.46. The normalized spacial score (nSPS) is 15.9. The van der Waals surface area contributed by atoms with Crippen LogP contribution in [0.3, 0.4) is 0 Å². The Morgan fingerprint density at radius 1 is 0.941 bits per heavy atom. The van der Waals surface area contributed by atoms with Gasteiger partial charge in [0.15, 0.2) is 5.11 Å². The number of nitrogens with one attached hydrogen (secondary N) is 1. The molecule has 0 saturated heterocycles. The lowest BCUT2D eigenvalue weighted by molar-refractivity contribution is 0.404. The zero-order valence-corrected chi connectivity index (χ0v) is 20.0. The van der Waals surface area contributed by atoms with E-state index in [1.807, 2.05) is 78.6 Å². The standard InChI is InChI=1S/C27H24N4O2S/c1-17-9-11-20(12-10-17)25-29-26(33-30-25)23-18(2)31(21-13-15-22(32-3)16-14-21)27(34)28-24(23)19-7-5-4-6-8-19/h4-16,24H,1-3H3,(H,28,34). The van der Waals surface area contributed by atoms with Crippen LogP contribution in [-0.4, -0.2) is 22.4 Å². The van der Waals surface area contributed by atoms with Crippen LogP contribution in [-0.2, 0) is 0 Å². The average molecular weight is 469 g/mol. The smallest absolute Gasteiger partial charge is 0.258 e. The molecule has 6 nitrogen and oxygen atoms in total. The molecular weight excluding hydrogens is 444 g/mol. The molecule has 0 amide bonds. The third-order valence-corrected chi connectivity index (χ3v) is 6.21. The van der Waals surface area contributed by atoms with E-state index >= 15 is 0 Å². The van der Waals surface area contributed by atoms with Crippen LogP contribution in [0.25, 0.3) is 17.0 Å². The molecule has 1 aromatic heterocycles. The first-order chi connectivity index (χ1) is 16.5. The summed E-state index contributed by atoms with van der Waals surface area (Å²) in [6.45, 7) is 4.08. The van der Waals surface area contributed by atoms with Crippen LogP contribution < -0.4 is 15.0 Å². The van der Waals surface area contributed by atoms with Crippen LogP contribution in [0.5, 0.6) is 5.75 Å². The summed E-state index contributed by atoms with van der Waals surface area (Å²) >= 11 is 5.80. The Morgan fingerprint density at radius 2 is 1.65 bits per heavy atom. The number of methoxy groups -OCH3 is 1. The van der Waals surface area contributed by atoms with Crippen molar-refractivity contribution in [3.8, 4) is 17.1 Å². The van der Waals surface area contributed by atoms with E-state index in [-0.39, 0.29) is 6.04 Å². The highest BCUT2D eigenvalue weighted by Gasteiger charge is 2.34. The van der Waals surface area contributed by atoms with E-state index in [9.17, 15) is 0 Å². The Labute approximate surface area is 203 Å². The van der Waals surface area contributed by atoms with Crippen LogP contribution in [0.15, 0.2) is 89.1 Å². The molecule has 0 fully saturated rings.